The van der Waals surface area contributed by atoms with E-state index in [0.29, 0.717) is 22.9 Å². The molecule has 31 heavy (non-hydrogen) atoms. The van der Waals surface area contributed by atoms with Gasteiger partial charge in [0.15, 0.2) is 0 Å². The number of amides is 1. The quantitative estimate of drug-likeness (QED) is 0.518. The van der Waals surface area contributed by atoms with Gasteiger partial charge in [-0.05, 0) is 42.8 Å². The number of fused-ring (bicyclic) bond motifs is 1. The number of para-hydroxylation sites is 2. The van der Waals surface area contributed by atoms with Crippen molar-refractivity contribution in [2.24, 2.45) is 0 Å². The van der Waals surface area contributed by atoms with Crippen LogP contribution in [0, 0.1) is 0 Å². The van der Waals surface area contributed by atoms with E-state index in [9.17, 15) is 4.79 Å². The maximum atomic E-state index is 13.6. The summed E-state index contributed by atoms with van der Waals surface area (Å²) in [6.45, 7) is 8.62. The summed E-state index contributed by atoms with van der Waals surface area (Å²) >= 11 is 12.9. The van der Waals surface area contributed by atoms with Gasteiger partial charge < -0.3 is 14.4 Å². The van der Waals surface area contributed by atoms with Crippen LogP contribution in [0.5, 0.6) is 0 Å². The van der Waals surface area contributed by atoms with Crippen LogP contribution in [0.15, 0.2) is 42.5 Å². The maximum Gasteiger partial charge on any atom is 0.245 e. The molecule has 1 unspecified atom stereocenters. The highest BCUT2D eigenvalue weighted by atomic mass is 35.5. The van der Waals surface area contributed by atoms with Crippen molar-refractivity contribution in [2.45, 2.75) is 32.7 Å². The SMILES string of the molecule is CCC(C(=O)N1CCN(CC)CC1)n1c(Cc2c(Cl)cccc2Cl)nc2ccccc21. The van der Waals surface area contributed by atoms with Gasteiger partial charge in [-0.15, -0.1) is 0 Å². The highest BCUT2D eigenvalue weighted by Crippen LogP contribution is 2.31. The number of hydrogen-bond acceptors (Lipinski definition) is 3. The number of rotatable bonds is 6. The van der Waals surface area contributed by atoms with Crippen LogP contribution >= 0.6 is 23.2 Å². The molecule has 4 rings (SSSR count). The zero-order valence-electron chi connectivity index (χ0n) is 18.0. The second kappa shape index (κ2) is 9.60. The fourth-order valence-electron chi connectivity index (χ4n) is 4.39. The van der Waals surface area contributed by atoms with Gasteiger partial charge in [-0.25, -0.2) is 4.98 Å². The van der Waals surface area contributed by atoms with Crippen LogP contribution < -0.4 is 0 Å². The topological polar surface area (TPSA) is 41.4 Å². The van der Waals surface area contributed by atoms with E-state index in [4.69, 9.17) is 28.2 Å². The summed E-state index contributed by atoms with van der Waals surface area (Å²) in [5.74, 6) is 0.969. The van der Waals surface area contributed by atoms with Gasteiger partial charge in [0.1, 0.15) is 11.9 Å². The van der Waals surface area contributed by atoms with Crippen molar-refractivity contribution in [3.05, 3.63) is 63.9 Å². The van der Waals surface area contributed by atoms with Crippen molar-refractivity contribution in [1.29, 1.82) is 0 Å². The van der Waals surface area contributed by atoms with E-state index in [2.05, 4.69) is 23.3 Å². The van der Waals surface area contributed by atoms with Crippen LogP contribution in [0.2, 0.25) is 10.0 Å². The molecule has 3 aromatic rings. The van der Waals surface area contributed by atoms with Crippen LogP contribution in [-0.4, -0.2) is 58.0 Å². The first-order valence-corrected chi connectivity index (χ1v) is 11.7. The maximum absolute atomic E-state index is 13.6. The lowest BCUT2D eigenvalue weighted by Gasteiger charge is -2.36. The Morgan fingerprint density at radius 1 is 1.00 bits per heavy atom. The average Bonchev–Trinajstić information content (AvgIpc) is 3.15. The van der Waals surface area contributed by atoms with Crippen LogP contribution in [0.3, 0.4) is 0 Å². The summed E-state index contributed by atoms with van der Waals surface area (Å²) in [4.78, 5) is 22.9. The molecule has 0 spiro atoms. The molecular formula is C24H28Cl2N4O. The summed E-state index contributed by atoms with van der Waals surface area (Å²) < 4.78 is 2.10. The molecule has 1 aliphatic heterocycles. The van der Waals surface area contributed by atoms with Gasteiger partial charge in [0.2, 0.25) is 5.91 Å². The second-order valence-electron chi connectivity index (χ2n) is 7.95. The molecule has 2 aromatic carbocycles. The molecule has 5 nitrogen and oxygen atoms in total. The molecule has 0 aliphatic carbocycles. The molecule has 2 heterocycles. The number of likely N-dealkylation sites (N-methyl/N-ethyl adjacent to an activating group) is 1. The summed E-state index contributed by atoms with van der Waals surface area (Å²) in [6, 6.07) is 13.2. The second-order valence-corrected chi connectivity index (χ2v) is 8.76. The molecule has 0 radical (unpaired) electrons. The van der Waals surface area contributed by atoms with Crippen molar-refractivity contribution >= 4 is 40.1 Å². The fraction of sp³-hybridized carbons (Fsp3) is 0.417. The average molecular weight is 459 g/mol. The Balaban J connectivity index is 1.73. The number of carbonyl (C=O) groups excluding carboxylic acids is 1. The molecular weight excluding hydrogens is 431 g/mol. The normalized spacial score (nSPS) is 16.1. The monoisotopic (exact) mass is 458 g/mol. The highest BCUT2D eigenvalue weighted by molar-refractivity contribution is 6.36. The molecule has 1 fully saturated rings. The standard InChI is InChI=1S/C24H28Cl2N4O/c1-3-21(24(31)29-14-12-28(4-2)13-15-29)30-22-11-6-5-10-20(22)27-23(30)16-17-18(25)8-7-9-19(17)26/h5-11,21H,3-4,12-16H2,1-2H3. The number of carbonyl (C=O) groups is 1. The van der Waals surface area contributed by atoms with Crippen molar-refractivity contribution < 1.29 is 4.79 Å². The van der Waals surface area contributed by atoms with Crippen LogP contribution in [-0.2, 0) is 11.2 Å². The number of halogens is 2. The van der Waals surface area contributed by atoms with Crippen molar-refractivity contribution in [1.82, 2.24) is 19.4 Å². The van der Waals surface area contributed by atoms with E-state index in [-0.39, 0.29) is 11.9 Å². The summed E-state index contributed by atoms with van der Waals surface area (Å²) in [7, 11) is 0. The third kappa shape index (κ3) is 4.45. The van der Waals surface area contributed by atoms with Crippen LogP contribution in [0.1, 0.15) is 37.7 Å². The molecule has 1 amide bonds. The number of aromatic nitrogens is 2. The molecule has 1 saturated heterocycles. The highest BCUT2D eigenvalue weighted by Gasteiger charge is 2.30. The third-order valence-electron chi connectivity index (χ3n) is 6.18. The minimum absolute atomic E-state index is 0.160. The largest absolute Gasteiger partial charge is 0.338 e. The Hall–Kier alpha value is -2.08. The van der Waals surface area contributed by atoms with Gasteiger partial charge >= 0.3 is 0 Å². The Labute approximate surface area is 193 Å². The zero-order valence-corrected chi connectivity index (χ0v) is 19.5. The predicted molar refractivity (Wildman–Crippen MR) is 127 cm³/mol. The van der Waals surface area contributed by atoms with E-state index < -0.39 is 0 Å². The summed E-state index contributed by atoms with van der Waals surface area (Å²) in [5, 5.41) is 1.22. The van der Waals surface area contributed by atoms with Gasteiger partial charge in [-0.3, -0.25) is 4.79 Å². The van der Waals surface area contributed by atoms with E-state index in [0.717, 1.165) is 55.1 Å². The number of nitrogens with zero attached hydrogens (tertiary/aromatic N) is 4. The summed E-state index contributed by atoms with van der Waals surface area (Å²) in [5.41, 5.74) is 2.68. The van der Waals surface area contributed by atoms with Crippen LogP contribution in [0.25, 0.3) is 11.0 Å². The molecule has 164 valence electrons. The number of imidazole rings is 1. The lowest BCUT2D eigenvalue weighted by molar-refractivity contribution is -0.136. The van der Waals surface area contributed by atoms with Crippen molar-refractivity contribution in [2.75, 3.05) is 32.7 Å². The molecule has 1 atom stereocenters. The number of hydrogen-bond donors (Lipinski definition) is 0. The lowest BCUT2D eigenvalue weighted by atomic mass is 10.1. The zero-order chi connectivity index (χ0) is 22.0. The lowest BCUT2D eigenvalue weighted by Crippen LogP contribution is -2.50. The number of piperazine rings is 1. The first-order chi connectivity index (χ1) is 15.0. The van der Waals surface area contributed by atoms with Crippen molar-refractivity contribution in [3.63, 3.8) is 0 Å². The minimum atomic E-state index is -0.308. The Morgan fingerprint density at radius 3 is 2.32 bits per heavy atom. The van der Waals surface area contributed by atoms with Gasteiger partial charge in [-0.2, -0.15) is 0 Å². The van der Waals surface area contributed by atoms with Crippen LogP contribution in [0.4, 0.5) is 0 Å². The first-order valence-electron chi connectivity index (χ1n) is 10.9. The Bertz CT molecular complexity index is 1050. The Kier molecular flexibility index (Phi) is 6.85. The molecule has 7 heteroatoms. The van der Waals surface area contributed by atoms with Gasteiger partial charge in [0, 0.05) is 42.6 Å². The van der Waals surface area contributed by atoms with Gasteiger partial charge in [0.05, 0.1) is 11.0 Å². The third-order valence-corrected chi connectivity index (χ3v) is 6.89. The minimum Gasteiger partial charge on any atom is -0.338 e. The molecule has 1 aromatic heterocycles. The molecule has 0 N–H and O–H groups in total. The van der Waals surface area contributed by atoms with Gasteiger partial charge in [-0.1, -0.05) is 55.2 Å². The van der Waals surface area contributed by atoms with Gasteiger partial charge in [0.25, 0.3) is 0 Å². The molecule has 0 bridgehead atoms. The Morgan fingerprint density at radius 2 is 1.68 bits per heavy atom. The molecule has 1 aliphatic rings. The van der Waals surface area contributed by atoms with Crippen molar-refractivity contribution in [3.8, 4) is 0 Å². The smallest absolute Gasteiger partial charge is 0.245 e. The molecule has 0 saturated carbocycles. The summed E-state index contributed by atoms with van der Waals surface area (Å²) in [6.07, 6.45) is 1.16. The fourth-order valence-corrected chi connectivity index (χ4v) is 4.92. The number of benzene rings is 2. The predicted octanol–water partition coefficient (Wildman–Crippen LogP) is 5.05. The van der Waals surface area contributed by atoms with E-state index in [1.54, 1.807) is 0 Å². The van der Waals surface area contributed by atoms with E-state index >= 15 is 0 Å². The van der Waals surface area contributed by atoms with E-state index in [1.165, 1.54) is 0 Å². The van der Waals surface area contributed by atoms with E-state index in [1.807, 2.05) is 47.4 Å². The first kappa shape index (κ1) is 22.1.